The Morgan fingerprint density at radius 2 is 1.88 bits per heavy atom. The number of esters is 2. The Balaban J connectivity index is 1.19. The fourth-order valence-electron chi connectivity index (χ4n) is 10.5. The third-order valence-corrected chi connectivity index (χ3v) is 12.4. The van der Waals surface area contributed by atoms with E-state index in [-0.39, 0.29) is 49.2 Å². The van der Waals surface area contributed by atoms with E-state index in [4.69, 9.17) is 23.7 Å². The van der Waals surface area contributed by atoms with Gasteiger partial charge < -0.3 is 43.8 Å². The van der Waals surface area contributed by atoms with Crippen LogP contribution >= 0.6 is 0 Å². The Kier molecular flexibility index (Phi) is 6.56. The van der Waals surface area contributed by atoms with Crippen LogP contribution in [0.2, 0.25) is 0 Å². The maximum Gasteiger partial charge on any atom is 0.331 e. The first kappa shape index (κ1) is 28.9. The highest BCUT2D eigenvalue weighted by Crippen LogP contribution is 2.70. The maximum atomic E-state index is 13.3. The summed E-state index contributed by atoms with van der Waals surface area (Å²) in [4.78, 5) is 37.0. The molecule has 0 aromatic heterocycles. The Hall–Kier alpha value is -1.89. The van der Waals surface area contributed by atoms with Crippen LogP contribution in [0.15, 0.2) is 11.6 Å². The number of aliphatic hydroxyl groups excluding tert-OH is 1. The quantitative estimate of drug-likeness (QED) is 0.249. The summed E-state index contributed by atoms with van der Waals surface area (Å²) < 4.78 is 29.2. The Labute approximate surface area is 244 Å². The van der Waals surface area contributed by atoms with Crippen molar-refractivity contribution in [3.63, 3.8) is 0 Å². The van der Waals surface area contributed by atoms with Crippen molar-refractivity contribution in [1.29, 1.82) is 0 Å². The predicted octanol–water partition coefficient (Wildman–Crippen LogP) is 1.54. The van der Waals surface area contributed by atoms with Crippen LogP contribution in [0.4, 0.5) is 0 Å². The molecule has 0 aromatic carbocycles. The van der Waals surface area contributed by atoms with Gasteiger partial charge in [0.25, 0.3) is 5.79 Å². The van der Waals surface area contributed by atoms with Gasteiger partial charge >= 0.3 is 11.9 Å². The van der Waals surface area contributed by atoms with E-state index in [1.807, 2.05) is 13.8 Å². The molecule has 4 saturated carbocycles. The fraction of sp³-hybridized carbons (Fsp3) is 0.839. The van der Waals surface area contributed by atoms with Gasteiger partial charge in [-0.1, -0.05) is 6.92 Å². The first-order valence-corrected chi connectivity index (χ1v) is 15.5. The third-order valence-electron chi connectivity index (χ3n) is 12.4. The SMILES string of the molecule is CC(=O)O[C@H]1C[C@@H](C)O[C@H]2O[C@@H]3C[C@@H]4CC[C@@H]5[C@H](CC[C@]6(C)[C@@H](C7=CC(=O)OC7)C[C@@H](O)[C@]56O)[C@@]4(C=O)C[C@H]3O[C@]21O. The van der Waals surface area contributed by atoms with Crippen LogP contribution in [0.3, 0.4) is 0 Å². The summed E-state index contributed by atoms with van der Waals surface area (Å²) in [7, 11) is 0. The molecule has 0 radical (unpaired) electrons. The molecule has 0 aromatic rings. The number of rotatable bonds is 3. The van der Waals surface area contributed by atoms with Crippen LogP contribution in [0.5, 0.6) is 0 Å². The Morgan fingerprint density at radius 1 is 1.10 bits per heavy atom. The number of cyclic esters (lactones) is 1. The average molecular weight is 591 g/mol. The number of carbonyl (C=O) groups is 3. The summed E-state index contributed by atoms with van der Waals surface area (Å²) in [6, 6.07) is 0. The topological polar surface area (TPSA) is 158 Å². The van der Waals surface area contributed by atoms with Crippen LogP contribution in [-0.4, -0.2) is 88.3 Å². The summed E-state index contributed by atoms with van der Waals surface area (Å²) >= 11 is 0. The summed E-state index contributed by atoms with van der Waals surface area (Å²) in [6.45, 7) is 5.29. The van der Waals surface area contributed by atoms with Crippen LogP contribution in [0.1, 0.15) is 72.1 Å². The van der Waals surface area contributed by atoms with Crippen LogP contribution in [-0.2, 0) is 38.1 Å². The van der Waals surface area contributed by atoms with E-state index in [2.05, 4.69) is 0 Å². The van der Waals surface area contributed by atoms with Gasteiger partial charge in [0, 0.05) is 30.3 Å². The minimum absolute atomic E-state index is 0.0246. The van der Waals surface area contributed by atoms with E-state index in [0.29, 0.717) is 38.5 Å². The smallest absolute Gasteiger partial charge is 0.331 e. The van der Waals surface area contributed by atoms with Gasteiger partial charge in [-0.25, -0.2) is 4.79 Å². The second-order valence-electron chi connectivity index (χ2n) is 14.3. The molecule has 14 atom stereocenters. The van der Waals surface area contributed by atoms with Crippen molar-refractivity contribution in [3.8, 4) is 0 Å². The number of hydrogen-bond donors (Lipinski definition) is 3. The van der Waals surface area contributed by atoms with Gasteiger partial charge in [-0.05, 0) is 81.1 Å². The standard InChI is InChI=1S/C31H42O11/c1-15-8-25(40-16(2)33)31(37)27(39-15)41-22-10-18-4-5-20-19(29(18,14-32)12-23(22)42-31)6-7-28(3)21(11-24(34)30(20,28)36)17-9-26(35)38-13-17/h9,14-15,18-25,27,34,36-37H,4-8,10-13H2,1-3H3/t15-,18+,19+,20-,21-,22-,23-,24-,25+,27+,28-,29-,30-,31+/m1/s1. The maximum absolute atomic E-state index is 13.3. The Bertz CT molecular complexity index is 1200. The molecule has 0 unspecified atom stereocenters. The van der Waals surface area contributed by atoms with Crippen LogP contribution < -0.4 is 0 Å². The van der Waals surface area contributed by atoms with Gasteiger partial charge in [0.1, 0.15) is 12.9 Å². The van der Waals surface area contributed by atoms with Gasteiger partial charge in [-0.15, -0.1) is 0 Å². The van der Waals surface area contributed by atoms with Crippen molar-refractivity contribution in [3.05, 3.63) is 11.6 Å². The van der Waals surface area contributed by atoms with Gasteiger partial charge in [-0.3, -0.25) is 4.79 Å². The Morgan fingerprint density at radius 3 is 2.57 bits per heavy atom. The molecule has 0 spiro atoms. The molecule has 7 rings (SSSR count). The second kappa shape index (κ2) is 9.55. The normalized spacial score (nSPS) is 54.7. The number of hydrogen-bond acceptors (Lipinski definition) is 11. The lowest BCUT2D eigenvalue weighted by Crippen LogP contribution is -2.72. The van der Waals surface area contributed by atoms with Crippen molar-refractivity contribution >= 4 is 18.2 Å². The van der Waals surface area contributed by atoms with Gasteiger partial charge in [0.2, 0.25) is 6.29 Å². The number of carbonyl (C=O) groups excluding carboxylic acids is 3. The first-order valence-electron chi connectivity index (χ1n) is 15.5. The fourth-order valence-corrected chi connectivity index (χ4v) is 10.5. The lowest BCUT2D eigenvalue weighted by molar-refractivity contribution is -0.457. The first-order chi connectivity index (χ1) is 19.9. The molecule has 0 bridgehead atoms. The molecule has 2 saturated heterocycles. The minimum atomic E-state index is -2.02. The zero-order valence-corrected chi connectivity index (χ0v) is 24.4. The molecule has 3 aliphatic heterocycles. The molecule has 6 fully saturated rings. The molecule has 4 aliphatic carbocycles. The highest BCUT2D eigenvalue weighted by atomic mass is 16.8. The van der Waals surface area contributed by atoms with Gasteiger partial charge in [0.15, 0.2) is 6.10 Å². The molecule has 7 aliphatic rings. The molecule has 3 N–H and O–H groups in total. The summed E-state index contributed by atoms with van der Waals surface area (Å²) in [5.41, 5.74) is -2.15. The summed E-state index contributed by atoms with van der Waals surface area (Å²) in [5, 5.41) is 35.7. The molecule has 11 nitrogen and oxygen atoms in total. The summed E-state index contributed by atoms with van der Waals surface area (Å²) in [6.07, 6.45) is 1.98. The minimum Gasteiger partial charge on any atom is -0.458 e. The van der Waals surface area contributed by atoms with Crippen LogP contribution in [0, 0.1) is 34.5 Å². The van der Waals surface area contributed by atoms with E-state index in [9.17, 15) is 29.7 Å². The lowest BCUT2D eigenvalue weighted by atomic mass is 9.42. The highest BCUT2D eigenvalue weighted by Gasteiger charge is 2.73. The lowest BCUT2D eigenvalue weighted by Gasteiger charge is -2.65. The second-order valence-corrected chi connectivity index (χ2v) is 14.3. The molecule has 42 heavy (non-hydrogen) atoms. The highest BCUT2D eigenvalue weighted by molar-refractivity contribution is 5.85. The van der Waals surface area contributed by atoms with Gasteiger partial charge in [0.05, 0.1) is 30.0 Å². The monoisotopic (exact) mass is 590 g/mol. The number of aldehydes is 1. The third kappa shape index (κ3) is 3.76. The number of fused-ring (bicyclic) bond motifs is 7. The van der Waals surface area contributed by atoms with Crippen molar-refractivity contribution < 1.29 is 53.4 Å². The molecular formula is C31H42O11. The molecule has 3 heterocycles. The molecule has 232 valence electrons. The predicted molar refractivity (Wildman–Crippen MR) is 142 cm³/mol. The zero-order chi connectivity index (χ0) is 29.8. The van der Waals surface area contributed by atoms with E-state index in [0.717, 1.165) is 11.9 Å². The summed E-state index contributed by atoms with van der Waals surface area (Å²) in [5.74, 6) is -3.72. The molecule has 11 heteroatoms. The van der Waals surface area contributed by atoms with Crippen LogP contribution in [0.25, 0.3) is 0 Å². The largest absolute Gasteiger partial charge is 0.458 e. The van der Waals surface area contributed by atoms with Gasteiger partial charge in [-0.2, -0.15) is 0 Å². The number of ether oxygens (including phenoxy) is 5. The van der Waals surface area contributed by atoms with E-state index < -0.39 is 64.9 Å². The zero-order valence-electron chi connectivity index (χ0n) is 24.4. The average Bonchev–Trinajstić information content (AvgIpc) is 3.45. The van der Waals surface area contributed by atoms with E-state index >= 15 is 0 Å². The molecule has 0 amide bonds. The van der Waals surface area contributed by atoms with Crippen molar-refractivity contribution in [2.24, 2.45) is 34.5 Å². The van der Waals surface area contributed by atoms with E-state index in [1.54, 1.807) is 0 Å². The van der Waals surface area contributed by atoms with E-state index in [1.165, 1.54) is 13.0 Å². The number of aliphatic hydroxyl groups is 3. The van der Waals surface area contributed by atoms with Crippen molar-refractivity contribution in [2.45, 2.75) is 120 Å². The van der Waals surface area contributed by atoms with Crippen molar-refractivity contribution in [1.82, 2.24) is 0 Å². The van der Waals surface area contributed by atoms with Crippen molar-refractivity contribution in [2.75, 3.05) is 6.61 Å². The molecular weight excluding hydrogens is 548 g/mol.